The van der Waals surface area contributed by atoms with E-state index in [-0.39, 0.29) is 0 Å². The van der Waals surface area contributed by atoms with Crippen molar-refractivity contribution in [3.63, 3.8) is 0 Å². The van der Waals surface area contributed by atoms with Crippen molar-refractivity contribution in [2.45, 2.75) is 50.6 Å². The van der Waals surface area contributed by atoms with Crippen LogP contribution in [-0.2, 0) is 6.54 Å². The lowest BCUT2D eigenvalue weighted by atomic mass is 9.53. The number of nitrogens with zero attached hydrogens (tertiary/aromatic N) is 1. The van der Waals surface area contributed by atoms with E-state index in [1.54, 1.807) is 17.5 Å². The lowest BCUT2D eigenvalue weighted by Crippen LogP contribution is -2.58. The van der Waals surface area contributed by atoms with Crippen molar-refractivity contribution < 1.29 is 0 Å². The first-order valence-electron chi connectivity index (χ1n) is 7.06. The number of halogens is 1. The van der Waals surface area contributed by atoms with Gasteiger partial charge in [0.25, 0.3) is 0 Å². The van der Waals surface area contributed by atoms with Gasteiger partial charge in [-0.05, 0) is 56.3 Å². The molecule has 4 bridgehead atoms. The third kappa shape index (κ3) is 2.00. The molecule has 0 atom stereocenters. The molecule has 18 heavy (non-hydrogen) atoms. The highest BCUT2D eigenvalue weighted by Crippen LogP contribution is 2.55. The molecule has 4 aliphatic carbocycles. The summed E-state index contributed by atoms with van der Waals surface area (Å²) < 4.78 is 0.803. The molecule has 1 aromatic heterocycles. The maximum absolute atomic E-state index is 5.94. The number of nitrogens with one attached hydrogen (secondary N) is 1. The Morgan fingerprint density at radius 2 is 1.83 bits per heavy atom. The molecule has 4 heteroatoms. The summed E-state index contributed by atoms with van der Waals surface area (Å²) in [6.45, 7) is 0.906. The minimum absolute atomic E-state index is 0.437. The van der Waals surface area contributed by atoms with E-state index in [1.807, 2.05) is 0 Å². The molecule has 0 aromatic carbocycles. The van der Waals surface area contributed by atoms with Crippen LogP contribution in [0.3, 0.4) is 0 Å². The van der Waals surface area contributed by atoms with Crippen LogP contribution >= 0.6 is 22.9 Å². The largest absolute Gasteiger partial charge is 0.305 e. The van der Waals surface area contributed by atoms with Crippen LogP contribution in [0, 0.1) is 17.8 Å². The third-order valence-corrected chi connectivity index (χ3v) is 6.29. The van der Waals surface area contributed by atoms with Crippen molar-refractivity contribution in [2.75, 3.05) is 0 Å². The van der Waals surface area contributed by atoms with Gasteiger partial charge in [0.15, 0.2) is 0 Å². The summed E-state index contributed by atoms with van der Waals surface area (Å²) in [4.78, 5) is 4.36. The first kappa shape index (κ1) is 11.7. The SMILES string of the molecule is Clc1cnc(CNC23CC4CC(CC(C4)C2)C3)s1. The van der Waals surface area contributed by atoms with Crippen molar-refractivity contribution >= 4 is 22.9 Å². The average Bonchev–Trinajstić information content (AvgIpc) is 2.71. The average molecular weight is 283 g/mol. The van der Waals surface area contributed by atoms with Gasteiger partial charge in [-0.3, -0.25) is 0 Å². The molecule has 4 aliphatic rings. The van der Waals surface area contributed by atoms with E-state index in [9.17, 15) is 0 Å². The Hall–Kier alpha value is -0.120. The zero-order valence-electron chi connectivity index (χ0n) is 10.5. The predicted octanol–water partition coefficient (Wildman–Crippen LogP) is 3.85. The Labute approximate surface area is 117 Å². The first-order chi connectivity index (χ1) is 8.71. The maximum Gasteiger partial charge on any atom is 0.113 e. The van der Waals surface area contributed by atoms with Gasteiger partial charge >= 0.3 is 0 Å². The van der Waals surface area contributed by atoms with Crippen molar-refractivity contribution in [3.8, 4) is 0 Å². The highest BCUT2D eigenvalue weighted by Gasteiger charge is 2.50. The summed E-state index contributed by atoms with van der Waals surface area (Å²) in [6.07, 6.45) is 10.5. The summed E-state index contributed by atoms with van der Waals surface area (Å²) in [5, 5.41) is 4.98. The summed E-state index contributed by atoms with van der Waals surface area (Å²) in [5.74, 6) is 3.01. The predicted molar refractivity (Wildman–Crippen MR) is 74.9 cm³/mol. The van der Waals surface area contributed by atoms with Crippen LogP contribution in [0.5, 0.6) is 0 Å². The molecule has 2 nitrogen and oxygen atoms in total. The summed E-state index contributed by atoms with van der Waals surface area (Å²) in [7, 11) is 0. The monoisotopic (exact) mass is 282 g/mol. The van der Waals surface area contributed by atoms with Gasteiger partial charge in [0.1, 0.15) is 9.34 Å². The number of hydrogen-bond donors (Lipinski definition) is 1. The topological polar surface area (TPSA) is 24.9 Å². The van der Waals surface area contributed by atoms with Gasteiger partial charge in [0, 0.05) is 12.1 Å². The van der Waals surface area contributed by atoms with Gasteiger partial charge in [0.05, 0.1) is 6.20 Å². The van der Waals surface area contributed by atoms with Gasteiger partial charge < -0.3 is 5.32 Å². The van der Waals surface area contributed by atoms with E-state index in [1.165, 1.54) is 38.5 Å². The van der Waals surface area contributed by atoms with E-state index in [4.69, 9.17) is 11.6 Å². The number of rotatable bonds is 3. The molecule has 0 amide bonds. The van der Waals surface area contributed by atoms with Gasteiger partial charge in [0.2, 0.25) is 0 Å². The van der Waals surface area contributed by atoms with E-state index in [0.29, 0.717) is 5.54 Å². The van der Waals surface area contributed by atoms with E-state index in [2.05, 4.69) is 10.3 Å². The second-order valence-electron chi connectivity index (χ2n) is 6.61. The minimum atomic E-state index is 0.437. The molecular weight excluding hydrogens is 264 g/mol. The van der Waals surface area contributed by atoms with Gasteiger partial charge in [-0.25, -0.2) is 4.98 Å². The maximum atomic E-state index is 5.94. The van der Waals surface area contributed by atoms with Crippen LogP contribution in [-0.4, -0.2) is 10.5 Å². The summed E-state index contributed by atoms with van der Waals surface area (Å²) >= 11 is 7.55. The molecule has 98 valence electrons. The Morgan fingerprint density at radius 3 is 2.33 bits per heavy atom. The Kier molecular flexibility index (Phi) is 2.72. The second kappa shape index (κ2) is 4.19. The van der Waals surface area contributed by atoms with Crippen molar-refractivity contribution in [1.29, 1.82) is 0 Å². The van der Waals surface area contributed by atoms with Crippen molar-refractivity contribution in [3.05, 3.63) is 15.5 Å². The lowest BCUT2D eigenvalue weighted by molar-refractivity contribution is -0.0206. The standard InChI is InChI=1S/C14H19ClN2S/c15-12-7-16-13(18-12)8-17-14-4-9-1-10(5-14)3-11(2-9)6-14/h7,9-11,17H,1-6,8H2. The van der Waals surface area contributed by atoms with Gasteiger partial charge in [-0.15, -0.1) is 11.3 Å². The Morgan fingerprint density at radius 1 is 1.22 bits per heavy atom. The molecule has 1 N–H and O–H groups in total. The molecule has 0 radical (unpaired) electrons. The number of aromatic nitrogens is 1. The fourth-order valence-electron chi connectivity index (χ4n) is 4.96. The molecule has 4 saturated carbocycles. The zero-order chi connectivity index (χ0) is 12.2. The quantitative estimate of drug-likeness (QED) is 0.911. The van der Waals surface area contributed by atoms with E-state index in [0.717, 1.165) is 33.6 Å². The molecule has 1 aromatic rings. The zero-order valence-corrected chi connectivity index (χ0v) is 12.1. The molecule has 0 saturated heterocycles. The number of hydrogen-bond acceptors (Lipinski definition) is 3. The lowest BCUT2D eigenvalue weighted by Gasteiger charge is -2.57. The molecule has 5 rings (SSSR count). The van der Waals surface area contributed by atoms with E-state index < -0.39 is 0 Å². The fourth-order valence-corrected chi connectivity index (χ4v) is 5.86. The molecule has 0 unspecified atom stereocenters. The number of thiazole rings is 1. The summed E-state index contributed by atoms with van der Waals surface area (Å²) in [6, 6.07) is 0. The summed E-state index contributed by atoms with van der Waals surface area (Å²) in [5.41, 5.74) is 0.437. The van der Waals surface area contributed by atoms with Crippen molar-refractivity contribution in [1.82, 2.24) is 10.3 Å². The van der Waals surface area contributed by atoms with Crippen LogP contribution in [0.2, 0.25) is 4.34 Å². The Balaban J connectivity index is 1.47. The van der Waals surface area contributed by atoms with Crippen molar-refractivity contribution in [2.24, 2.45) is 17.8 Å². The molecule has 0 spiro atoms. The minimum Gasteiger partial charge on any atom is -0.305 e. The Bertz CT molecular complexity index is 421. The third-order valence-electron chi connectivity index (χ3n) is 5.18. The molecule has 4 fully saturated rings. The smallest absolute Gasteiger partial charge is 0.113 e. The van der Waals surface area contributed by atoms with E-state index >= 15 is 0 Å². The van der Waals surface area contributed by atoms with Crippen LogP contribution in [0.15, 0.2) is 6.20 Å². The van der Waals surface area contributed by atoms with Crippen LogP contribution in [0.1, 0.15) is 43.5 Å². The normalized spacial score (nSPS) is 41.5. The highest BCUT2D eigenvalue weighted by atomic mass is 35.5. The highest BCUT2D eigenvalue weighted by molar-refractivity contribution is 7.15. The molecular formula is C14H19ClN2S. The first-order valence-corrected chi connectivity index (χ1v) is 8.25. The van der Waals surface area contributed by atoms with Crippen LogP contribution in [0.25, 0.3) is 0 Å². The van der Waals surface area contributed by atoms with Gasteiger partial charge in [-0.1, -0.05) is 11.6 Å². The molecule has 1 heterocycles. The fraction of sp³-hybridized carbons (Fsp3) is 0.786. The van der Waals surface area contributed by atoms with Crippen LogP contribution < -0.4 is 5.32 Å². The second-order valence-corrected chi connectivity index (χ2v) is 8.36. The molecule has 0 aliphatic heterocycles. The van der Waals surface area contributed by atoms with Crippen LogP contribution in [0.4, 0.5) is 0 Å². The van der Waals surface area contributed by atoms with Gasteiger partial charge in [-0.2, -0.15) is 0 Å².